The van der Waals surface area contributed by atoms with Crippen LogP contribution < -0.4 is 0 Å². The Morgan fingerprint density at radius 2 is 1.31 bits per heavy atom. The van der Waals surface area contributed by atoms with Gasteiger partial charge in [-0.15, -0.1) is 0 Å². The van der Waals surface area contributed by atoms with E-state index < -0.39 is 0 Å². The molecule has 0 aromatic carbocycles. The van der Waals surface area contributed by atoms with Crippen LogP contribution in [0.1, 0.15) is 74.1 Å². The summed E-state index contributed by atoms with van der Waals surface area (Å²) in [6.07, 6.45) is 5.51. The third-order valence-electron chi connectivity index (χ3n) is 4.46. The maximum absolute atomic E-state index is 2.48. The van der Waals surface area contributed by atoms with E-state index >= 15 is 0 Å². The summed E-state index contributed by atoms with van der Waals surface area (Å²) in [6, 6.07) is 0. The van der Waals surface area contributed by atoms with Crippen molar-refractivity contribution < 1.29 is 0 Å². The standard InChI is InChI=1S/C16H34/c1-8-13(5)11-16(10-12(3)4)15(7)14(6)9-2/h12-16H,8-11H2,1-7H3. The minimum atomic E-state index is 0.848. The molecule has 0 fully saturated rings. The van der Waals surface area contributed by atoms with Crippen molar-refractivity contribution >= 4 is 0 Å². The summed E-state index contributed by atoms with van der Waals surface area (Å²) in [7, 11) is 0. The Morgan fingerprint density at radius 1 is 0.750 bits per heavy atom. The van der Waals surface area contributed by atoms with Crippen LogP contribution in [0.25, 0.3) is 0 Å². The molecule has 0 heterocycles. The van der Waals surface area contributed by atoms with E-state index in [2.05, 4.69) is 48.5 Å². The second kappa shape index (κ2) is 8.14. The Hall–Kier alpha value is 0. The van der Waals surface area contributed by atoms with Crippen LogP contribution >= 0.6 is 0 Å². The van der Waals surface area contributed by atoms with Gasteiger partial charge in [0.2, 0.25) is 0 Å². The molecular weight excluding hydrogens is 192 g/mol. The summed E-state index contributed by atoms with van der Waals surface area (Å²) in [5, 5.41) is 0. The summed E-state index contributed by atoms with van der Waals surface area (Å²) in [5.41, 5.74) is 0. The van der Waals surface area contributed by atoms with Gasteiger partial charge >= 0.3 is 0 Å². The average Bonchev–Trinajstić information content (AvgIpc) is 2.25. The molecule has 0 nitrogen and oxygen atoms in total. The zero-order valence-electron chi connectivity index (χ0n) is 12.7. The Labute approximate surface area is 104 Å². The van der Waals surface area contributed by atoms with E-state index in [1.807, 2.05) is 0 Å². The highest BCUT2D eigenvalue weighted by Gasteiger charge is 2.23. The predicted octanol–water partition coefficient (Wildman–Crippen LogP) is 5.77. The van der Waals surface area contributed by atoms with Crippen molar-refractivity contribution in [2.45, 2.75) is 74.1 Å². The van der Waals surface area contributed by atoms with Gasteiger partial charge in [0.25, 0.3) is 0 Å². The van der Waals surface area contributed by atoms with Gasteiger partial charge in [-0.2, -0.15) is 0 Å². The largest absolute Gasteiger partial charge is 0.0651 e. The normalized spacial score (nSPS) is 19.5. The molecule has 98 valence electrons. The van der Waals surface area contributed by atoms with Crippen LogP contribution in [0.3, 0.4) is 0 Å². The lowest BCUT2D eigenvalue weighted by Crippen LogP contribution is -2.22. The Balaban J connectivity index is 4.39. The maximum atomic E-state index is 2.48. The molecule has 0 radical (unpaired) electrons. The van der Waals surface area contributed by atoms with Gasteiger partial charge in [0.1, 0.15) is 0 Å². The van der Waals surface area contributed by atoms with Crippen LogP contribution in [0, 0.1) is 29.6 Å². The SMILES string of the molecule is CCC(C)CC(CC(C)C)C(C)C(C)CC. The van der Waals surface area contributed by atoms with E-state index in [1.54, 1.807) is 0 Å². The molecule has 16 heavy (non-hydrogen) atoms. The topological polar surface area (TPSA) is 0 Å². The first-order valence-electron chi connectivity index (χ1n) is 7.42. The van der Waals surface area contributed by atoms with Crippen molar-refractivity contribution in [2.24, 2.45) is 29.6 Å². The van der Waals surface area contributed by atoms with Gasteiger partial charge in [-0.25, -0.2) is 0 Å². The van der Waals surface area contributed by atoms with Gasteiger partial charge in [-0.3, -0.25) is 0 Å². The molecule has 0 aromatic rings. The molecule has 0 spiro atoms. The van der Waals surface area contributed by atoms with E-state index in [0.717, 1.165) is 29.6 Å². The van der Waals surface area contributed by atoms with Gasteiger partial charge in [0, 0.05) is 0 Å². The fraction of sp³-hybridized carbons (Fsp3) is 1.00. The van der Waals surface area contributed by atoms with E-state index in [-0.39, 0.29) is 0 Å². The monoisotopic (exact) mass is 226 g/mol. The first-order valence-corrected chi connectivity index (χ1v) is 7.42. The Kier molecular flexibility index (Phi) is 8.14. The van der Waals surface area contributed by atoms with E-state index in [4.69, 9.17) is 0 Å². The summed E-state index contributed by atoms with van der Waals surface area (Å²) in [6.45, 7) is 16.7. The molecule has 0 rings (SSSR count). The molecule has 0 aliphatic rings. The number of hydrogen-bond acceptors (Lipinski definition) is 0. The predicted molar refractivity (Wildman–Crippen MR) is 75.6 cm³/mol. The van der Waals surface area contributed by atoms with Crippen LogP contribution in [0.2, 0.25) is 0 Å². The molecule has 0 bridgehead atoms. The molecule has 4 atom stereocenters. The molecule has 0 heteroatoms. The third-order valence-corrected chi connectivity index (χ3v) is 4.46. The second-order valence-electron chi connectivity index (χ2n) is 6.38. The van der Waals surface area contributed by atoms with Crippen molar-refractivity contribution in [3.05, 3.63) is 0 Å². The molecule has 0 aliphatic carbocycles. The maximum Gasteiger partial charge on any atom is -0.0381 e. The van der Waals surface area contributed by atoms with Gasteiger partial charge < -0.3 is 0 Å². The molecule has 4 unspecified atom stereocenters. The molecule has 0 saturated heterocycles. The highest BCUT2D eigenvalue weighted by molar-refractivity contribution is 4.74. The van der Waals surface area contributed by atoms with Crippen molar-refractivity contribution in [1.82, 2.24) is 0 Å². The van der Waals surface area contributed by atoms with Gasteiger partial charge in [0.05, 0.1) is 0 Å². The van der Waals surface area contributed by atoms with E-state index in [9.17, 15) is 0 Å². The lowest BCUT2D eigenvalue weighted by Gasteiger charge is -2.31. The van der Waals surface area contributed by atoms with Crippen LogP contribution in [-0.4, -0.2) is 0 Å². The minimum Gasteiger partial charge on any atom is -0.0651 e. The first-order chi connectivity index (χ1) is 7.42. The van der Waals surface area contributed by atoms with Gasteiger partial charge in [-0.05, 0) is 42.4 Å². The highest BCUT2D eigenvalue weighted by atomic mass is 14.3. The molecular formula is C16H34. The lowest BCUT2D eigenvalue weighted by atomic mass is 9.74. The summed E-state index contributed by atoms with van der Waals surface area (Å²) >= 11 is 0. The molecule has 0 saturated carbocycles. The first kappa shape index (κ1) is 16.0. The number of rotatable bonds is 8. The fourth-order valence-corrected chi connectivity index (χ4v) is 2.65. The quantitative estimate of drug-likeness (QED) is 0.493. The van der Waals surface area contributed by atoms with Gasteiger partial charge in [-0.1, -0.05) is 61.3 Å². The van der Waals surface area contributed by atoms with Crippen molar-refractivity contribution in [3.8, 4) is 0 Å². The van der Waals surface area contributed by atoms with Crippen molar-refractivity contribution in [1.29, 1.82) is 0 Å². The summed E-state index contributed by atoms with van der Waals surface area (Å²) in [4.78, 5) is 0. The molecule has 0 N–H and O–H groups in total. The van der Waals surface area contributed by atoms with Crippen LogP contribution in [0.15, 0.2) is 0 Å². The highest BCUT2D eigenvalue weighted by Crippen LogP contribution is 2.33. The van der Waals surface area contributed by atoms with Crippen LogP contribution in [-0.2, 0) is 0 Å². The Bertz CT molecular complexity index is 159. The fourth-order valence-electron chi connectivity index (χ4n) is 2.65. The number of hydrogen-bond donors (Lipinski definition) is 0. The van der Waals surface area contributed by atoms with E-state index in [1.165, 1.54) is 25.7 Å². The van der Waals surface area contributed by atoms with Crippen molar-refractivity contribution in [2.75, 3.05) is 0 Å². The third kappa shape index (κ3) is 5.92. The van der Waals surface area contributed by atoms with Crippen molar-refractivity contribution in [3.63, 3.8) is 0 Å². The summed E-state index contributed by atoms with van der Waals surface area (Å²) < 4.78 is 0. The van der Waals surface area contributed by atoms with Crippen LogP contribution in [0.5, 0.6) is 0 Å². The summed E-state index contributed by atoms with van der Waals surface area (Å²) in [5.74, 6) is 4.45. The minimum absolute atomic E-state index is 0.848. The van der Waals surface area contributed by atoms with Gasteiger partial charge in [0.15, 0.2) is 0 Å². The smallest absolute Gasteiger partial charge is 0.0381 e. The average molecular weight is 226 g/mol. The molecule has 0 aromatic heterocycles. The molecule has 0 amide bonds. The second-order valence-corrected chi connectivity index (χ2v) is 6.38. The molecule has 0 aliphatic heterocycles. The zero-order chi connectivity index (χ0) is 12.7. The Morgan fingerprint density at radius 3 is 1.69 bits per heavy atom. The van der Waals surface area contributed by atoms with Crippen LogP contribution in [0.4, 0.5) is 0 Å². The lowest BCUT2D eigenvalue weighted by molar-refractivity contribution is 0.189. The van der Waals surface area contributed by atoms with E-state index in [0.29, 0.717) is 0 Å². The zero-order valence-corrected chi connectivity index (χ0v) is 12.7.